The van der Waals surface area contributed by atoms with Crippen molar-refractivity contribution in [2.45, 2.75) is 53.7 Å². The number of aromatic nitrogens is 5. The Morgan fingerprint density at radius 1 is 0.978 bits per heavy atom. The highest BCUT2D eigenvalue weighted by atomic mass is 32.1. The van der Waals surface area contributed by atoms with Gasteiger partial charge in [-0.3, -0.25) is 14.7 Å². The number of hydrogen-bond acceptors (Lipinski definition) is 11. The number of ether oxygens (including phenoxy) is 2. The van der Waals surface area contributed by atoms with Gasteiger partial charge in [0.1, 0.15) is 32.9 Å². The summed E-state index contributed by atoms with van der Waals surface area (Å²) in [6, 6.07) is 7.23. The lowest BCUT2D eigenvalue weighted by molar-refractivity contribution is -0.115. The molecule has 0 radical (unpaired) electrons. The summed E-state index contributed by atoms with van der Waals surface area (Å²) in [5.41, 5.74) is 3.72. The summed E-state index contributed by atoms with van der Waals surface area (Å²) in [4.78, 5) is 56.5. The molecule has 1 aromatic carbocycles. The van der Waals surface area contributed by atoms with Gasteiger partial charge in [-0.2, -0.15) is 4.98 Å². The van der Waals surface area contributed by atoms with Crippen LogP contribution in [0.1, 0.15) is 50.7 Å². The molecule has 1 amide bonds. The number of carbonyl (C=O) groups is 3. The number of anilines is 1. The maximum absolute atomic E-state index is 15.1. The molecule has 0 unspecified atom stereocenters. The number of rotatable bonds is 8. The Labute approximate surface area is 261 Å². The van der Waals surface area contributed by atoms with Gasteiger partial charge in [0.15, 0.2) is 11.6 Å². The van der Waals surface area contributed by atoms with E-state index in [1.165, 1.54) is 69.8 Å². The zero-order chi connectivity index (χ0) is 33.0. The minimum atomic E-state index is -1.26. The third-order valence-electron chi connectivity index (χ3n) is 6.49. The minimum Gasteiger partial charge on any atom is -0.480 e. The first-order chi connectivity index (χ1) is 21.3. The summed E-state index contributed by atoms with van der Waals surface area (Å²) < 4.78 is 26.2. The number of Topliss-reactive ketones (excluding diaryl/α,β-unsaturated/α-hetero) is 2. The molecule has 12 nitrogen and oxygen atoms in total. The smallest absolute Gasteiger partial charge is 0.412 e. The van der Waals surface area contributed by atoms with Crippen LogP contribution in [0.2, 0.25) is 0 Å². The Balaban J connectivity index is 0.00000109. The molecular formula is C31H31FN6O6S. The highest BCUT2D eigenvalue weighted by Gasteiger charge is 2.29. The number of benzene rings is 1. The zero-order valence-electron chi connectivity index (χ0n) is 25.7. The van der Waals surface area contributed by atoms with Crippen molar-refractivity contribution in [2.75, 3.05) is 12.0 Å². The van der Waals surface area contributed by atoms with Gasteiger partial charge < -0.3 is 19.4 Å². The van der Waals surface area contributed by atoms with Gasteiger partial charge in [-0.05, 0) is 64.4 Å². The van der Waals surface area contributed by atoms with Gasteiger partial charge in [-0.1, -0.05) is 11.3 Å². The van der Waals surface area contributed by atoms with E-state index in [0.717, 1.165) is 16.0 Å². The molecule has 0 aliphatic rings. The number of amides is 1. The van der Waals surface area contributed by atoms with Crippen molar-refractivity contribution in [1.82, 2.24) is 24.9 Å². The fraction of sp³-hybridized carbons (Fsp3) is 0.290. The molecular weight excluding hydrogens is 603 g/mol. The topological polar surface area (TPSA) is 158 Å². The van der Waals surface area contributed by atoms with E-state index in [-0.39, 0.29) is 28.8 Å². The Hall–Kier alpha value is -5.11. The van der Waals surface area contributed by atoms with Gasteiger partial charge in [0.05, 0.1) is 42.3 Å². The van der Waals surface area contributed by atoms with Crippen LogP contribution in [0.4, 0.5) is 14.9 Å². The number of pyridine rings is 2. The van der Waals surface area contributed by atoms with Gasteiger partial charge in [-0.15, -0.1) is 0 Å². The van der Waals surface area contributed by atoms with Crippen molar-refractivity contribution in [3.63, 3.8) is 0 Å². The van der Waals surface area contributed by atoms with Crippen molar-refractivity contribution in [3.8, 4) is 22.3 Å². The number of thiazole rings is 1. The number of ketones is 2. The van der Waals surface area contributed by atoms with Gasteiger partial charge in [0.25, 0.3) is 5.88 Å². The molecule has 0 saturated heterocycles. The second kappa shape index (κ2) is 13.7. The molecule has 0 spiro atoms. The van der Waals surface area contributed by atoms with Crippen molar-refractivity contribution >= 4 is 56.1 Å². The standard InChI is InChI=1S/C28H25FN6O5S.C3H6O/c1-13-8-18(24-21(9-13)32-23(39-5)12-31-24)26-33-22-10-19(29)25(34-27(22)41-26)40-16(4)14(2)35(28(37)38)17-6-7-20(15(3)36)30-11-17;1-3(2)4/h6-12,14,16H,1-5H3,(H,37,38);1-2H3/t14-,16+;/m1./s1. The van der Waals surface area contributed by atoms with E-state index in [0.29, 0.717) is 32.3 Å². The van der Waals surface area contributed by atoms with E-state index in [1.807, 2.05) is 19.1 Å². The lowest BCUT2D eigenvalue weighted by Gasteiger charge is -2.30. The van der Waals surface area contributed by atoms with Crippen LogP contribution in [-0.2, 0) is 4.79 Å². The van der Waals surface area contributed by atoms with Gasteiger partial charge in [-0.25, -0.2) is 24.1 Å². The number of methoxy groups -OCH3 is 1. The molecule has 5 rings (SSSR count). The fourth-order valence-corrected chi connectivity index (χ4v) is 5.20. The number of nitrogens with zero attached hydrogens (tertiary/aromatic N) is 6. The number of carboxylic acid groups (broad SMARTS) is 1. The maximum atomic E-state index is 15.1. The lowest BCUT2D eigenvalue weighted by atomic mass is 10.1. The number of fused-ring (bicyclic) bond motifs is 2. The van der Waals surface area contributed by atoms with Crippen molar-refractivity contribution < 1.29 is 33.4 Å². The van der Waals surface area contributed by atoms with Crippen LogP contribution in [0.5, 0.6) is 11.8 Å². The summed E-state index contributed by atoms with van der Waals surface area (Å²) in [7, 11) is 1.52. The van der Waals surface area contributed by atoms with E-state index >= 15 is 4.39 Å². The van der Waals surface area contributed by atoms with Crippen LogP contribution < -0.4 is 14.4 Å². The van der Waals surface area contributed by atoms with Gasteiger partial charge in [0.2, 0.25) is 5.88 Å². The quantitative estimate of drug-likeness (QED) is 0.191. The summed E-state index contributed by atoms with van der Waals surface area (Å²) >= 11 is 1.25. The highest BCUT2D eigenvalue weighted by Crippen LogP contribution is 2.36. The molecule has 0 aliphatic carbocycles. The molecule has 2 atom stereocenters. The molecule has 234 valence electrons. The molecule has 4 heterocycles. The molecule has 0 saturated carbocycles. The molecule has 0 fully saturated rings. The van der Waals surface area contributed by atoms with Gasteiger partial charge in [0, 0.05) is 18.6 Å². The van der Waals surface area contributed by atoms with Crippen molar-refractivity contribution in [1.29, 1.82) is 0 Å². The molecule has 45 heavy (non-hydrogen) atoms. The predicted octanol–water partition coefficient (Wildman–Crippen LogP) is 6.29. The molecule has 0 aliphatic heterocycles. The highest BCUT2D eigenvalue weighted by molar-refractivity contribution is 7.21. The van der Waals surface area contributed by atoms with Crippen LogP contribution in [-0.4, -0.2) is 66.9 Å². The Morgan fingerprint density at radius 2 is 1.69 bits per heavy atom. The Kier molecular flexibility index (Phi) is 9.97. The van der Waals surface area contributed by atoms with Crippen molar-refractivity contribution in [2.24, 2.45) is 0 Å². The number of halogens is 1. The summed E-state index contributed by atoms with van der Waals surface area (Å²) in [6.45, 7) is 9.59. The van der Waals surface area contributed by atoms with Gasteiger partial charge >= 0.3 is 6.09 Å². The number of carbonyl (C=O) groups excluding carboxylic acids is 2. The van der Waals surface area contributed by atoms with Crippen LogP contribution in [0.25, 0.3) is 32.0 Å². The molecule has 4 aromatic heterocycles. The van der Waals surface area contributed by atoms with Crippen LogP contribution >= 0.6 is 11.3 Å². The average molecular weight is 635 g/mol. The Bertz CT molecular complexity index is 1890. The number of hydrogen-bond donors (Lipinski definition) is 1. The van der Waals surface area contributed by atoms with Crippen LogP contribution in [0.15, 0.2) is 42.7 Å². The first-order valence-electron chi connectivity index (χ1n) is 13.7. The van der Waals surface area contributed by atoms with Crippen molar-refractivity contribution in [3.05, 3.63) is 59.8 Å². The molecule has 1 N–H and O–H groups in total. The summed E-state index contributed by atoms with van der Waals surface area (Å²) in [5.74, 6) is -0.699. The van der Waals surface area contributed by atoms with E-state index in [9.17, 15) is 19.5 Å². The first-order valence-corrected chi connectivity index (χ1v) is 14.5. The van der Waals surface area contributed by atoms with E-state index < -0.39 is 24.1 Å². The normalized spacial score (nSPS) is 12.2. The average Bonchev–Trinajstić information content (AvgIpc) is 3.38. The number of aryl methyl sites for hydroxylation is 1. The van der Waals surface area contributed by atoms with E-state index in [4.69, 9.17) is 9.47 Å². The summed E-state index contributed by atoms with van der Waals surface area (Å²) in [5, 5.41) is 10.5. The predicted molar refractivity (Wildman–Crippen MR) is 168 cm³/mol. The SMILES string of the molecule is CC(C)=O.COc1cnc2c(-c3nc4cc(F)c(O[C@@H](C)[C@@H](C)N(C(=O)O)c5ccc(C(C)=O)nc5)nc4s3)cc(C)cc2n1. The first kappa shape index (κ1) is 32.8. The second-order valence-corrected chi connectivity index (χ2v) is 11.3. The van der Waals surface area contributed by atoms with E-state index in [2.05, 4.69) is 24.9 Å². The maximum Gasteiger partial charge on any atom is 0.412 e. The second-order valence-electron chi connectivity index (χ2n) is 10.3. The van der Waals surface area contributed by atoms with Crippen LogP contribution in [0, 0.1) is 12.7 Å². The van der Waals surface area contributed by atoms with E-state index in [1.54, 1.807) is 13.8 Å². The lowest BCUT2D eigenvalue weighted by Crippen LogP contribution is -2.46. The zero-order valence-corrected chi connectivity index (χ0v) is 26.5. The van der Waals surface area contributed by atoms with Crippen LogP contribution in [0.3, 0.4) is 0 Å². The summed E-state index contributed by atoms with van der Waals surface area (Å²) in [6.07, 6.45) is 0.756. The monoisotopic (exact) mass is 634 g/mol. The molecule has 0 bridgehead atoms. The molecule has 14 heteroatoms. The molecule has 5 aromatic rings. The Morgan fingerprint density at radius 3 is 2.29 bits per heavy atom. The largest absolute Gasteiger partial charge is 0.480 e. The fourth-order valence-electron chi connectivity index (χ4n) is 4.27. The third-order valence-corrected chi connectivity index (χ3v) is 7.49. The third kappa shape index (κ3) is 7.52. The minimum absolute atomic E-state index is 0.167.